The van der Waals surface area contributed by atoms with Gasteiger partial charge in [0.1, 0.15) is 11.5 Å². The fourth-order valence-electron chi connectivity index (χ4n) is 3.31. The average Bonchev–Trinajstić information content (AvgIpc) is 2.67. The van der Waals surface area contributed by atoms with E-state index in [0.717, 1.165) is 24.6 Å². The number of benzene rings is 2. The number of methoxy groups -OCH3 is 2. The molecule has 144 valence electrons. The van der Waals surface area contributed by atoms with Crippen molar-refractivity contribution in [2.75, 3.05) is 37.5 Å². The zero-order valence-corrected chi connectivity index (χ0v) is 15.3. The summed E-state index contributed by atoms with van der Waals surface area (Å²) in [6.07, 6.45) is 1.82. The highest BCUT2D eigenvalue weighted by atomic mass is 19.1. The summed E-state index contributed by atoms with van der Waals surface area (Å²) in [6.45, 7) is 1.29. The molecule has 1 atom stereocenters. The van der Waals surface area contributed by atoms with Crippen molar-refractivity contribution < 1.29 is 18.8 Å². The van der Waals surface area contributed by atoms with Crippen LogP contribution in [0.3, 0.4) is 0 Å². The molecule has 2 aromatic carbocycles. The number of hydrogen-bond acceptors (Lipinski definition) is 6. The maximum absolute atomic E-state index is 14.3. The van der Waals surface area contributed by atoms with Gasteiger partial charge in [-0.3, -0.25) is 10.1 Å². The van der Waals surface area contributed by atoms with Crippen LogP contribution in [-0.4, -0.2) is 38.3 Å². The molecule has 1 fully saturated rings. The number of anilines is 2. The van der Waals surface area contributed by atoms with E-state index in [0.29, 0.717) is 30.3 Å². The molecule has 0 saturated carbocycles. The topological polar surface area (TPSA) is 76.9 Å². The summed E-state index contributed by atoms with van der Waals surface area (Å²) in [4.78, 5) is 12.1. The van der Waals surface area contributed by atoms with Gasteiger partial charge in [-0.05, 0) is 18.9 Å². The third kappa shape index (κ3) is 4.39. The molecule has 1 aliphatic heterocycles. The van der Waals surface area contributed by atoms with Crippen LogP contribution in [0.4, 0.5) is 21.5 Å². The zero-order valence-electron chi connectivity index (χ0n) is 15.3. The van der Waals surface area contributed by atoms with Crippen LogP contribution in [0.25, 0.3) is 0 Å². The zero-order chi connectivity index (χ0) is 19.4. The monoisotopic (exact) mass is 375 g/mol. The van der Waals surface area contributed by atoms with Crippen molar-refractivity contribution in [2.24, 2.45) is 0 Å². The number of nitrogens with zero attached hydrogens (tertiary/aromatic N) is 2. The van der Waals surface area contributed by atoms with Crippen LogP contribution in [-0.2, 0) is 0 Å². The molecule has 0 aromatic heterocycles. The Balaban J connectivity index is 1.74. The summed E-state index contributed by atoms with van der Waals surface area (Å²) in [7, 11) is 3.19. The first-order valence-electron chi connectivity index (χ1n) is 8.68. The van der Waals surface area contributed by atoms with E-state index in [9.17, 15) is 14.5 Å². The lowest BCUT2D eigenvalue weighted by atomic mass is 10.0. The third-order valence-electron chi connectivity index (χ3n) is 4.63. The second-order valence-corrected chi connectivity index (χ2v) is 6.42. The van der Waals surface area contributed by atoms with Crippen molar-refractivity contribution in [3.63, 3.8) is 0 Å². The van der Waals surface area contributed by atoms with Gasteiger partial charge in [0.15, 0.2) is 5.82 Å². The van der Waals surface area contributed by atoms with Crippen LogP contribution < -0.4 is 19.7 Å². The van der Waals surface area contributed by atoms with E-state index in [2.05, 4.69) is 5.32 Å². The van der Waals surface area contributed by atoms with E-state index in [4.69, 9.17) is 9.47 Å². The van der Waals surface area contributed by atoms with Crippen LogP contribution in [0.2, 0.25) is 0 Å². The maximum atomic E-state index is 14.3. The summed E-state index contributed by atoms with van der Waals surface area (Å²) < 4.78 is 24.9. The SMILES string of the molecule is COc1cc(NC2CCCN(c3ccc([N+](=O)[O-])cc3F)C2)cc(OC)c1. The molecule has 8 heteroatoms. The van der Waals surface area contributed by atoms with Crippen LogP contribution in [0.5, 0.6) is 11.5 Å². The molecule has 2 aromatic rings. The van der Waals surface area contributed by atoms with Gasteiger partial charge in [-0.25, -0.2) is 4.39 Å². The van der Waals surface area contributed by atoms with Crippen LogP contribution in [0, 0.1) is 15.9 Å². The van der Waals surface area contributed by atoms with Crippen molar-refractivity contribution in [1.82, 2.24) is 0 Å². The number of ether oxygens (including phenoxy) is 2. The Kier molecular flexibility index (Phi) is 5.63. The fraction of sp³-hybridized carbons (Fsp3) is 0.368. The Morgan fingerprint density at radius 1 is 1.19 bits per heavy atom. The second kappa shape index (κ2) is 8.11. The molecular formula is C19H22FN3O4. The molecule has 1 aliphatic rings. The van der Waals surface area contributed by atoms with Gasteiger partial charge >= 0.3 is 0 Å². The Bertz CT molecular complexity index is 808. The van der Waals surface area contributed by atoms with Crippen molar-refractivity contribution in [3.05, 3.63) is 52.3 Å². The highest BCUT2D eigenvalue weighted by molar-refractivity contribution is 5.56. The quantitative estimate of drug-likeness (QED) is 0.611. The van der Waals surface area contributed by atoms with Crippen molar-refractivity contribution in [3.8, 4) is 11.5 Å². The molecule has 27 heavy (non-hydrogen) atoms. The predicted molar refractivity (Wildman–Crippen MR) is 101 cm³/mol. The van der Waals surface area contributed by atoms with E-state index in [1.807, 2.05) is 17.0 Å². The molecule has 1 unspecified atom stereocenters. The number of hydrogen-bond donors (Lipinski definition) is 1. The molecule has 1 N–H and O–H groups in total. The molecule has 3 rings (SSSR count). The Labute approximate surface area is 156 Å². The molecule has 0 bridgehead atoms. The minimum absolute atomic E-state index is 0.102. The molecule has 0 amide bonds. The van der Waals surface area contributed by atoms with Gasteiger partial charge in [0, 0.05) is 49.1 Å². The first kappa shape index (κ1) is 18.8. The Morgan fingerprint density at radius 3 is 2.48 bits per heavy atom. The predicted octanol–water partition coefficient (Wildman–Crippen LogP) is 3.83. The van der Waals surface area contributed by atoms with Gasteiger partial charge in [-0.2, -0.15) is 0 Å². The number of halogens is 1. The van der Waals surface area contributed by atoms with E-state index in [-0.39, 0.29) is 11.7 Å². The third-order valence-corrected chi connectivity index (χ3v) is 4.63. The van der Waals surface area contributed by atoms with Crippen molar-refractivity contribution in [1.29, 1.82) is 0 Å². The van der Waals surface area contributed by atoms with Crippen molar-refractivity contribution in [2.45, 2.75) is 18.9 Å². The summed E-state index contributed by atoms with van der Waals surface area (Å²) in [5, 5.41) is 14.2. The molecule has 0 radical (unpaired) electrons. The lowest BCUT2D eigenvalue weighted by Crippen LogP contribution is -2.42. The Morgan fingerprint density at radius 2 is 1.89 bits per heavy atom. The highest BCUT2D eigenvalue weighted by Gasteiger charge is 2.23. The summed E-state index contributed by atoms with van der Waals surface area (Å²) in [6, 6.07) is 9.45. The molecule has 0 aliphatic carbocycles. The van der Waals surface area contributed by atoms with Crippen LogP contribution in [0.15, 0.2) is 36.4 Å². The van der Waals surface area contributed by atoms with E-state index < -0.39 is 10.7 Å². The van der Waals surface area contributed by atoms with Crippen LogP contribution in [0.1, 0.15) is 12.8 Å². The van der Waals surface area contributed by atoms with Gasteiger partial charge in [-0.1, -0.05) is 0 Å². The first-order valence-corrected chi connectivity index (χ1v) is 8.68. The van der Waals surface area contributed by atoms with Gasteiger partial charge in [-0.15, -0.1) is 0 Å². The number of nitro benzene ring substituents is 1. The smallest absolute Gasteiger partial charge is 0.272 e. The minimum Gasteiger partial charge on any atom is -0.497 e. The molecular weight excluding hydrogens is 353 g/mol. The second-order valence-electron chi connectivity index (χ2n) is 6.42. The average molecular weight is 375 g/mol. The largest absolute Gasteiger partial charge is 0.497 e. The molecule has 0 spiro atoms. The lowest BCUT2D eigenvalue weighted by molar-refractivity contribution is -0.385. The summed E-state index contributed by atoms with van der Waals surface area (Å²) in [5.41, 5.74) is 1.00. The van der Waals surface area contributed by atoms with Gasteiger partial charge in [0.25, 0.3) is 5.69 Å². The van der Waals surface area contributed by atoms with Crippen LogP contribution >= 0.6 is 0 Å². The number of piperidine rings is 1. The number of rotatable bonds is 6. The highest BCUT2D eigenvalue weighted by Crippen LogP contribution is 2.30. The standard InChI is InChI=1S/C19H22FN3O4/c1-26-16-8-14(9-17(11-16)27-2)21-13-4-3-7-22(12-13)19-6-5-15(23(24)25)10-18(19)20/h5-6,8-11,13,21H,3-4,7,12H2,1-2H3. The molecule has 7 nitrogen and oxygen atoms in total. The summed E-state index contributed by atoms with van der Waals surface area (Å²) >= 11 is 0. The number of nitro groups is 1. The van der Waals surface area contributed by atoms with Gasteiger partial charge in [0.2, 0.25) is 0 Å². The Hall–Kier alpha value is -3.03. The van der Waals surface area contributed by atoms with Gasteiger partial charge in [0.05, 0.1) is 30.9 Å². The normalized spacial score (nSPS) is 16.7. The maximum Gasteiger partial charge on any atom is 0.272 e. The first-order chi connectivity index (χ1) is 13.0. The number of nitrogens with one attached hydrogen (secondary N) is 1. The summed E-state index contributed by atoms with van der Waals surface area (Å²) in [5.74, 6) is 0.796. The fourth-order valence-corrected chi connectivity index (χ4v) is 3.31. The van der Waals surface area contributed by atoms with E-state index in [1.54, 1.807) is 20.3 Å². The van der Waals surface area contributed by atoms with Gasteiger partial charge < -0.3 is 19.7 Å². The number of non-ortho nitro benzene ring substituents is 1. The van der Waals surface area contributed by atoms with E-state index >= 15 is 0 Å². The van der Waals surface area contributed by atoms with Crippen molar-refractivity contribution >= 4 is 17.1 Å². The molecule has 1 heterocycles. The lowest BCUT2D eigenvalue weighted by Gasteiger charge is -2.35. The van der Waals surface area contributed by atoms with E-state index in [1.165, 1.54) is 12.1 Å². The molecule has 1 saturated heterocycles. The minimum atomic E-state index is -0.594.